The van der Waals surface area contributed by atoms with Crippen molar-refractivity contribution < 1.29 is 13.9 Å². The normalized spacial score (nSPS) is 12.4. The number of rotatable bonds is 7. The highest BCUT2D eigenvalue weighted by Crippen LogP contribution is 2.22. The van der Waals surface area contributed by atoms with Gasteiger partial charge in [0, 0.05) is 31.6 Å². The summed E-state index contributed by atoms with van der Waals surface area (Å²) in [5.74, 6) is 2.14. The number of oxazole rings is 1. The van der Waals surface area contributed by atoms with Gasteiger partial charge in [0.05, 0.1) is 12.7 Å². The SMILES string of the molecule is CN=C(NCCCN(C(=O)OC(C)(C)C)C(C)C)NCc1ncc(C(C)(C)C)o1.I. The van der Waals surface area contributed by atoms with Crippen molar-refractivity contribution in [3.8, 4) is 0 Å². The highest BCUT2D eigenvalue weighted by molar-refractivity contribution is 14.0. The molecule has 1 aromatic heterocycles. The molecule has 0 radical (unpaired) electrons. The number of nitrogens with one attached hydrogen (secondary N) is 2. The first-order chi connectivity index (χ1) is 13.3. The highest BCUT2D eigenvalue weighted by Gasteiger charge is 2.23. The van der Waals surface area contributed by atoms with Crippen molar-refractivity contribution in [2.45, 2.75) is 85.4 Å². The number of aliphatic imine (C=N–C) groups is 1. The second kappa shape index (κ2) is 12.4. The summed E-state index contributed by atoms with van der Waals surface area (Å²) in [6.45, 7) is 17.6. The van der Waals surface area contributed by atoms with Crippen molar-refractivity contribution in [3.05, 3.63) is 17.8 Å². The van der Waals surface area contributed by atoms with E-state index in [1.54, 1.807) is 18.1 Å². The van der Waals surface area contributed by atoms with Crippen LogP contribution >= 0.6 is 24.0 Å². The topological polar surface area (TPSA) is 92.0 Å². The van der Waals surface area contributed by atoms with Gasteiger partial charge in [-0.05, 0) is 41.0 Å². The van der Waals surface area contributed by atoms with Crippen LogP contribution in [0, 0.1) is 0 Å². The maximum absolute atomic E-state index is 12.3. The molecule has 8 nitrogen and oxygen atoms in total. The number of nitrogens with zero attached hydrogens (tertiary/aromatic N) is 3. The number of hydrogen-bond acceptors (Lipinski definition) is 5. The Morgan fingerprint density at radius 3 is 2.33 bits per heavy atom. The Hall–Kier alpha value is -1.52. The van der Waals surface area contributed by atoms with E-state index in [9.17, 15) is 4.79 Å². The van der Waals surface area contributed by atoms with E-state index < -0.39 is 5.60 Å². The van der Waals surface area contributed by atoms with Crippen molar-refractivity contribution in [1.29, 1.82) is 0 Å². The van der Waals surface area contributed by atoms with Crippen molar-refractivity contribution in [2.75, 3.05) is 20.1 Å². The molecule has 0 atom stereocenters. The van der Waals surface area contributed by atoms with Gasteiger partial charge in [-0.3, -0.25) is 4.99 Å². The molecule has 1 heterocycles. The van der Waals surface area contributed by atoms with Gasteiger partial charge in [0.25, 0.3) is 0 Å². The average molecular weight is 537 g/mol. The molecular formula is C21H40IN5O3. The minimum Gasteiger partial charge on any atom is -0.444 e. The summed E-state index contributed by atoms with van der Waals surface area (Å²) in [6.07, 6.45) is 2.25. The van der Waals surface area contributed by atoms with E-state index in [0.29, 0.717) is 31.5 Å². The van der Waals surface area contributed by atoms with E-state index in [0.717, 1.165) is 12.2 Å². The molecule has 0 spiro atoms. The van der Waals surface area contributed by atoms with Crippen molar-refractivity contribution in [3.63, 3.8) is 0 Å². The van der Waals surface area contributed by atoms with E-state index in [1.165, 1.54) is 0 Å². The van der Waals surface area contributed by atoms with Crippen molar-refractivity contribution in [1.82, 2.24) is 20.5 Å². The molecule has 9 heteroatoms. The van der Waals surface area contributed by atoms with Gasteiger partial charge in [-0.15, -0.1) is 24.0 Å². The lowest BCUT2D eigenvalue weighted by molar-refractivity contribution is 0.0190. The summed E-state index contributed by atoms with van der Waals surface area (Å²) in [7, 11) is 1.71. The molecule has 0 bridgehead atoms. The fourth-order valence-corrected chi connectivity index (χ4v) is 2.46. The predicted octanol–water partition coefficient (Wildman–Crippen LogP) is 4.29. The van der Waals surface area contributed by atoms with Crippen LogP contribution in [0.15, 0.2) is 15.6 Å². The predicted molar refractivity (Wildman–Crippen MR) is 132 cm³/mol. The third-order valence-electron chi connectivity index (χ3n) is 4.04. The summed E-state index contributed by atoms with van der Waals surface area (Å²) in [6, 6.07) is 0.0735. The highest BCUT2D eigenvalue weighted by atomic mass is 127. The smallest absolute Gasteiger partial charge is 0.410 e. The Labute approximate surface area is 198 Å². The summed E-state index contributed by atoms with van der Waals surface area (Å²) in [5, 5.41) is 6.44. The van der Waals surface area contributed by atoms with Crippen molar-refractivity contribution >= 4 is 36.0 Å². The Morgan fingerprint density at radius 2 is 1.87 bits per heavy atom. The summed E-state index contributed by atoms with van der Waals surface area (Å²) < 4.78 is 11.3. The molecule has 30 heavy (non-hydrogen) atoms. The first-order valence-corrected chi connectivity index (χ1v) is 10.2. The summed E-state index contributed by atoms with van der Waals surface area (Å²) >= 11 is 0. The molecule has 1 rings (SSSR count). The van der Waals surface area contributed by atoms with Crippen LogP contribution in [0.2, 0.25) is 0 Å². The van der Waals surface area contributed by atoms with E-state index in [2.05, 4.69) is 41.4 Å². The Kier molecular flexibility index (Phi) is 11.7. The molecule has 1 amide bonds. The Bertz CT molecular complexity index is 675. The lowest BCUT2D eigenvalue weighted by Gasteiger charge is -2.30. The standard InChI is InChI=1S/C21H39N5O3.HI/c1-15(2)26(19(27)29-21(6,7)8)12-10-11-23-18(22-9)25-14-17-24-13-16(28-17)20(3,4)5;/h13,15H,10-12,14H2,1-9H3,(H2,22,23,25);1H. The monoisotopic (exact) mass is 537 g/mol. The van der Waals surface area contributed by atoms with Crippen LogP contribution in [0.1, 0.15) is 73.5 Å². The molecule has 2 N–H and O–H groups in total. The van der Waals surface area contributed by atoms with Gasteiger partial charge < -0.3 is 24.7 Å². The third kappa shape index (κ3) is 10.5. The first kappa shape index (κ1) is 28.5. The van der Waals surface area contributed by atoms with Crippen LogP contribution in [0.3, 0.4) is 0 Å². The number of carbonyl (C=O) groups is 1. The van der Waals surface area contributed by atoms with Crippen LogP contribution in [0.25, 0.3) is 0 Å². The number of carbonyl (C=O) groups excluding carboxylic acids is 1. The summed E-state index contributed by atoms with van der Waals surface area (Å²) in [5.41, 5.74) is -0.567. The van der Waals surface area contributed by atoms with Crippen molar-refractivity contribution in [2.24, 2.45) is 4.99 Å². The average Bonchev–Trinajstić information content (AvgIpc) is 3.04. The number of ether oxygens (including phenoxy) is 1. The largest absolute Gasteiger partial charge is 0.444 e. The molecule has 0 saturated carbocycles. The second-order valence-corrected chi connectivity index (χ2v) is 9.34. The van der Waals surface area contributed by atoms with E-state index >= 15 is 0 Å². The zero-order valence-electron chi connectivity index (χ0n) is 20.0. The molecule has 1 aromatic rings. The van der Waals surface area contributed by atoms with E-state index in [-0.39, 0.29) is 41.5 Å². The molecule has 0 saturated heterocycles. The maximum Gasteiger partial charge on any atom is 0.410 e. The van der Waals surface area contributed by atoms with Gasteiger partial charge in [-0.2, -0.15) is 0 Å². The third-order valence-corrected chi connectivity index (χ3v) is 4.04. The van der Waals surface area contributed by atoms with Crippen LogP contribution in [0.5, 0.6) is 0 Å². The van der Waals surface area contributed by atoms with Crippen LogP contribution < -0.4 is 10.6 Å². The maximum atomic E-state index is 12.3. The van der Waals surface area contributed by atoms with Gasteiger partial charge in [0.15, 0.2) is 5.96 Å². The van der Waals surface area contributed by atoms with Crippen LogP contribution in [0.4, 0.5) is 4.79 Å². The van der Waals surface area contributed by atoms with Gasteiger partial charge in [0.1, 0.15) is 11.4 Å². The zero-order valence-corrected chi connectivity index (χ0v) is 22.3. The number of guanidine groups is 1. The number of halogens is 1. The minimum absolute atomic E-state index is 0. The quantitative estimate of drug-likeness (QED) is 0.233. The first-order valence-electron chi connectivity index (χ1n) is 10.2. The summed E-state index contributed by atoms with van der Waals surface area (Å²) in [4.78, 5) is 22.6. The molecule has 0 aliphatic heterocycles. The number of hydrogen-bond donors (Lipinski definition) is 2. The lowest BCUT2D eigenvalue weighted by atomic mass is 9.94. The molecule has 0 aromatic carbocycles. The van der Waals surface area contributed by atoms with E-state index in [4.69, 9.17) is 9.15 Å². The van der Waals surface area contributed by atoms with Gasteiger partial charge in [0.2, 0.25) is 5.89 Å². The Morgan fingerprint density at radius 1 is 1.23 bits per heavy atom. The lowest BCUT2D eigenvalue weighted by Crippen LogP contribution is -2.43. The van der Waals surface area contributed by atoms with Gasteiger partial charge in [-0.1, -0.05) is 20.8 Å². The second-order valence-electron chi connectivity index (χ2n) is 9.34. The molecular weight excluding hydrogens is 497 g/mol. The van der Waals surface area contributed by atoms with Crippen LogP contribution in [-0.2, 0) is 16.7 Å². The van der Waals surface area contributed by atoms with Gasteiger partial charge in [-0.25, -0.2) is 9.78 Å². The zero-order chi connectivity index (χ0) is 22.2. The van der Waals surface area contributed by atoms with E-state index in [1.807, 2.05) is 34.6 Å². The molecule has 0 aliphatic rings. The molecule has 0 aliphatic carbocycles. The number of aromatic nitrogens is 1. The fourth-order valence-electron chi connectivity index (χ4n) is 2.46. The van der Waals surface area contributed by atoms with Gasteiger partial charge >= 0.3 is 6.09 Å². The Balaban J connectivity index is 0.00000841. The minimum atomic E-state index is -0.499. The molecule has 0 fully saturated rings. The molecule has 0 unspecified atom stereocenters. The fraction of sp³-hybridized carbons (Fsp3) is 0.762. The van der Waals surface area contributed by atoms with Crippen LogP contribution in [-0.4, -0.2) is 53.7 Å². The molecule has 174 valence electrons. The number of amides is 1.